The lowest BCUT2D eigenvalue weighted by molar-refractivity contribution is 0.285. The first-order valence-corrected chi connectivity index (χ1v) is 8.61. The quantitative estimate of drug-likeness (QED) is 0.856. The molecular formula is C12H11BrFNO3S2. The number of aryl methyl sites for hydroxylation is 1. The van der Waals surface area contributed by atoms with Crippen molar-refractivity contribution in [2.24, 2.45) is 0 Å². The topological polar surface area (TPSA) is 66.4 Å². The number of rotatable bonds is 4. The summed E-state index contributed by atoms with van der Waals surface area (Å²) in [6.45, 7) is 1.48. The summed E-state index contributed by atoms with van der Waals surface area (Å²) in [6.07, 6.45) is 0. The predicted molar refractivity (Wildman–Crippen MR) is 79.9 cm³/mol. The molecule has 8 heteroatoms. The molecule has 2 aromatic rings. The van der Waals surface area contributed by atoms with E-state index in [9.17, 15) is 12.8 Å². The summed E-state index contributed by atoms with van der Waals surface area (Å²) in [5.41, 5.74) is 0.551. The third kappa shape index (κ3) is 3.03. The molecule has 20 heavy (non-hydrogen) atoms. The van der Waals surface area contributed by atoms with Gasteiger partial charge in [0, 0.05) is 9.35 Å². The highest BCUT2D eigenvalue weighted by Crippen LogP contribution is 2.31. The number of anilines is 1. The lowest BCUT2D eigenvalue weighted by atomic mass is 10.3. The second-order valence-corrected chi connectivity index (χ2v) is 7.93. The van der Waals surface area contributed by atoms with Crippen LogP contribution in [0.15, 0.2) is 32.9 Å². The van der Waals surface area contributed by atoms with E-state index in [1.54, 1.807) is 13.0 Å². The van der Waals surface area contributed by atoms with Gasteiger partial charge in [-0.05, 0) is 46.6 Å². The molecule has 2 rings (SSSR count). The molecule has 0 atom stereocenters. The van der Waals surface area contributed by atoms with Crippen LogP contribution in [0.4, 0.5) is 10.1 Å². The second kappa shape index (κ2) is 5.80. The van der Waals surface area contributed by atoms with E-state index in [2.05, 4.69) is 20.7 Å². The van der Waals surface area contributed by atoms with Crippen LogP contribution < -0.4 is 4.72 Å². The number of para-hydroxylation sites is 1. The van der Waals surface area contributed by atoms with Crippen molar-refractivity contribution in [2.75, 3.05) is 4.72 Å². The van der Waals surface area contributed by atoms with E-state index in [1.807, 2.05) is 0 Å². The van der Waals surface area contributed by atoms with Crippen LogP contribution in [0.5, 0.6) is 0 Å². The molecular weight excluding hydrogens is 369 g/mol. The van der Waals surface area contributed by atoms with Crippen LogP contribution in [0.2, 0.25) is 0 Å². The highest BCUT2D eigenvalue weighted by molar-refractivity contribution is 9.10. The average molecular weight is 380 g/mol. The standard InChI is InChI=1S/C12H11BrFNO3S2/c1-7-5-11(19-10(7)6-16)20(17,18)15-12-8(13)3-2-4-9(12)14/h2-5,15-16H,6H2,1H3. The Morgan fingerprint density at radius 1 is 1.45 bits per heavy atom. The van der Waals surface area contributed by atoms with Crippen molar-refractivity contribution in [1.82, 2.24) is 0 Å². The van der Waals surface area contributed by atoms with Gasteiger partial charge >= 0.3 is 0 Å². The molecule has 108 valence electrons. The fourth-order valence-corrected chi connectivity index (χ4v) is 4.67. The fraction of sp³-hybridized carbons (Fsp3) is 0.167. The van der Waals surface area contributed by atoms with Gasteiger partial charge in [0.25, 0.3) is 10.0 Å². The van der Waals surface area contributed by atoms with Gasteiger partial charge in [-0.15, -0.1) is 11.3 Å². The van der Waals surface area contributed by atoms with Crippen molar-refractivity contribution >= 4 is 43.0 Å². The smallest absolute Gasteiger partial charge is 0.271 e. The summed E-state index contributed by atoms with van der Waals surface area (Å²) < 4.78 is 40.7. The summed E-state index contributed by atoms with van der Waals surface area (Å²) >= 11 is 4.06. The van der Waals surface area contributed by atoms with Crippen molar-refractivity contribution in [3.63, 3.8) is 0 Å². The summed E-state index contributed by atoms with van der Waals surface area (Å²) in [5, 5.41) is 9.10. The Hall–Kier alpha value is -0.960. The maximum Gasteiger partial charge on any atom is 0.271 e. The van der Waals surface area contributed by atoms with Crippen LogP contribution in [-0.4, -0.2) is 13.5 Å². The number of sulfonamides is 1. The van der Waals surface area contributed by atoms with Crippen LogP contribution in [0.3, 0.4) is 0 Å². The van der Waals surface area contributed by atoms with Crippen LogP contribution in [0.1, 0.15) is 10.4 Å². The van der Waals surface area contributed by atoms with E-state index >= 15 is 0 Å². The van der Waals surface area contributed by atoms with Gasteiger partial charge in [-0.25, -0.2) is 12.8 Å². The van der Waals surface area contributed by atoms with Crippen molar-refractivity contribution in [2.45, 2.75) is 17.7 Å². The van der Waals surface area contributed by atoms with E-state index in [0.717, 1.165) is 11.3 Å². The second-order valence-electron chi connectivity index (χ2n) is 4.03. The molecule has 0 aliphatic heterocycles. The molecule has 0 aliphatic rings. The lowest BCUT2D eigenvalue weighted by Gasteiger charge is -2.09. The molecule has 0 spiro atoms. The first kappa shape index (κ1) is 15.4. The molecule has 1 heterocycles. The Balaban J connectivity index is 2.41. The minimum absolute atomic E-state index is 0.0363. The molecule has 4 nitrogen and oxygen atoms in total. The molecule has 0 saturated carbocycles. The molecule has 0 saturated heterocycles. The van der Waals surface area contributed by atoms with Crippen molar-refractivity contribution in [1.29, 1.82) is 0 Å². The fourth-order valence-electron chi connectivity index (χ4n) is 1.56. The number of nitrogens with one attached hydrogen (secondary N) is 1. The molecule has 0 fully saturated rings. The Labute approximate surface area is 128 Å². The third-order valence-electron chi connectivity index (χ3n) is 2.61. The molecule has 0 unspecified atom stereocenters. The van der Waals surface area contributed by atoms with Crippen LogP contribution in [-0.2, 0) is 16.6 Å². The Morgan fingerprint density at radius 3 is 2.70 bits per heavy atom. The van der Waals surface area contributed by atoms with Crippen LogP contribution in [0.25, 0.3) is 0 Å². The highest BCUT2D eigenvalue weighted by Gasteiger charge is 2.21. The number of halogens is 2. The Bertz CT molecular complexity index is 723. The van der Waals surface area contributed by atoms with Gasteiger partial charge in [0.1, 0.15) is 10.0 Å². The lowest BCUT2D eigenvalue weighted by Crippen LogP contribution is -2.13. The molecule has 0 aliphatic carbocycles. The molecule has 0 radical (unpaired) electrons. The summed E-state index contributed by atoms with van der Waals surface area (Å²) in [6, 6.07) is 5.63. The molecule has 2 N–H and O–H groups in total. The maximum absolute atomic E-state index is 13.7. The maximum atomic E-state index is 13.7. The summed E-state index contributed by atoms with van der Waals surface area (Å²) in [5.74, 6) is -0.668. The first-order valence-electron chi connectivity index (χ1n) is 5.52. The number of hydrogen-bond acceptors (Lipinski definition) is 4. The van der Waals surface area contributed by atoms with Crippen molar-refractivity contribution in [3.05, 3.63) is 45.0 Å². The van der Waals surface area contributed by atoms with Gasteiger partial charge in [-0.3, -0.25) is 4.72 Å². The SMILES string of the molecule is Cc1cc(S(=O)(=O)Nc2c(F)cccc2Br)sc1CO. The van der Waals surface area contributed by atoms with Gasteiger partial charge in [-0.2, -0.15) is 0 Å². The van der Waals surface area contributed by atoms with E-state index < -0.39 is 15.8 Å². The molecule has 1 aromatic heterocycles. The van der Waals surface area contributed by atoms with Crippen molar-refractivity contribution < 1.29 is 17.9 Å². The van der Waals surface area contributed by atoms with Crippen molar-refractivity contribution in [3.8, 4) is 0 Å². The third-order valence-corrected chi connectivity index (χ3v) is 6.31. The van der Waals surface area contributed by atoms with Gasteiger partial charge in [0.2, 0.25) is 0 Å². The van der Waals surface area contributed by atoms with E-state index in [0.29, 0.717) is 14.9 Å². The number of aliphatic hydroxyl groups excluding tert-OH is 1. The zero-order chi connectivity index (χ0) is 14.9. The van der Waals surface area contributed by atoms with E-state index in [1.165, 1.54) is 18.2 Å². The Kier molecular flexibility index (Phi) is 4.48. The number of aliphatic hydroxyl groups is 1. The van der Waals surface area contributed by atoms with E-state index in [4.69, 9.17) is 5.11 Å². The highest BCUT2D eigenvalue weighted by atomic mass is 79.9. The number of hydrogen-bond donors (Lipinski definition) is 2. The van der Waals surface area contributed by atoms with Crippen LogP contribution in [0, 0.1) is 12.7 Å². The molecule has 1 aromatic carbocycles. The van der Waals surface area contributed by atoms with Gasteiger partial charge in [-0.1, -0.05) is 6.07 Å². The predicted octanol–water partition coefficient (Wildman–Crippen LogP) is 3.25. The number of benzene rings is 1. The monoisotopic (exact) mass is 379 g/mol. The summed E-state index contributed by atoms with van der Waals surface area (Å²) in [7, 11) is -3.88. The molecule has 0 amide bonds. The summed E-state index contributed by atoms with van der Waals surface area (Å²) in [4.78, 5) is 0.568. The van der Waals surface area contributed by atoms with Gasteiger partial charge in [0.05, 0.1) is 12.3 Å². The first-order chi connectivity index (χ1) is 9.35. The van der Waals surface area contributed by atoms with Gasteiger partial charge < -0.3 is 5.11 Å². The van der Waals surface area contributed by atoms with Crippen LogP contribution >= 0.6 is 27.3 Å². The molecule has 0 bridgehead atoms. The normalized spacial score (nSPS) is 11.6. The largest absolute Gasteiger partial charge is 0.391 e. The minimum Gasteiger partial charge on any atom is -0.391 e. The zero-order valence-electron chi connectivity index (χ0n) is 10.4. The number of thiophene rings is 1. The van der Waals surface area contributed by atoms with E-state index in [-0.39, 0.29) is 16.5 Å². The minimum atomic E-state index is -3.88. The Morgan fingerprint density at radius 2 is 2.15 bits per heavy atom. The zero-order valence-corrected chi connectivity index (χ0v) is 13.6. The van der Waals surface area contributed by atoms with Gasteiger partial charge in [0.15, 0.2) is 0 Å². The average Bonchev–Trinajstić information content (AvgIpc) is 2.76.